The van der Waals surface area contributed by atoms with Crippen LogP contribution >= 0.6 is 0 Å². The van der Waals surface area contributed by atoms with Gasteiger partial charge in [0.25, 0.3) is 5.91 Å². The van der Waals surface area contributed by atoms with Crippen molar-refractivity contribution in [1.82, 2.24) is 29.7 Å². The molecule has 0 bridgehead atoms. The van der Waals surface area contributed by atoms with Crippen LogP contribution in [0.15, 0.2) is 18.2 Å². The fraction of sp³-hybridized carbons (Fsp3) is 0.524. The molecule has 1 N–H and O–H groups in total. The topological polar surface area (TPSA) is 77.1 Å². The van der Waals surface area contributed by atoms with Gasteiger partial charge in [0, 0.05) is 42.4 Å². The van der Waals surface area contributed by atoms with Gasteiger partial charge in [-0.15, -0.1) is 0 Å². The van der Waals surface area contributed by atoms with Crippen LogP contribution < -0.4 is 5.32 Å². The van der Waals surface area contributed by atoms with Gasteiger partial charge >= 0.3 is 12.4 Å². The minimum absolute atomic E-state index is 0.0148. The van der Waals surface area contributed by atoms with Gasteiger partial charge in [-0.05, 0) is 44.2 Å². The maximum absolute atomic E-state index is 13.5. The number of nitrogens with zero attached hydrogens (tertiary/aromatic N) is 5. The summed E-state index contributed by atoms with van der Waals surface area (Å²) in [5.74, 6) is -0.642. The van der Waals surface area contributed by atoms with Crippen molar-refractivity contribution in [2.24, 2.45) is 0 Å². The molecule has 34 heavy (non-hydrogen) atoms. The van der Waals surface area contributed by atoms with Crippen LogP contribution in [0.25, 0.3) is 5.65 Å². The number of hydrogen-bond acceptors (Lipinski definition) is 4. The van der Waals surface area contributed by atoms with Crippen molar-refractivity contribution in [3.63, 3.8) is 0 Å². The highest BCUT2D eigenvalue weighted by Crippen LogP contribution is 2.42. The zero-order valence-electron chi connectivity index (χ0n) is 17.7. The van der Waals surface area contributed by atoms with E-state index in [-0.39, 0.29) is 42.7 Å². The van der Waals surface area contributed by atoms with Gasteiger partial charge in [0.1, 0.15) is 5.69 Å². The highest BCUT2D eigenvalue weighted by Gasteiger charge is 2.38. The number of fused-ring (bicyclic) bond motifs is 1. The van der Waals surface area contributed by atoms with Crippen molar-refractivity contribution in [2.75, 3.05) is 6.54 Å². The number of hydrogen-bond donors (Lipinski definition) is 1. The fourth-order valence-corrected chi connectivity index (χ4v) is 3.87. The Bertz CT molecular complexity index is 1240. The van der Waals surface area contributed by atoms with Gasteiger partial charge in [-0.25, -0.2) is 9.50 Å². The molecule has 182 valence electrons. The third-order valence-electron chi connectivity index (χ3n) is 5.90. The Morgan fingerprint density at radius 2 is 1.68 bits per heavy atom. The molecule has 3 heterocycles. The quantitative estimate of drug-likeness (QED) is 0.393. The number of carbonyl (C=O) groups excluding carboxylic acids is 1. The molecule has 0 aromatic carbocycles. The van der Waals surface area contributed by atoms with E-state index in [1.165, 1.54) is 10.7 Å². The first kappa shape index (κ1) is 22.7. The Hall–Kier alpha value is -3.12. The van der Waals surface area contributed by atoms with Crippen LogP contribution in [-0.2, 0) is 18.9 Å². The zero-order valence-corrected chi connectivity index (χ0v) is 17.7. The first-order chi connectivity index (χ1) is 16.0. The normalized spacial score (nSPS) is 16.9. The number of aromatic nitrogens is 5. The number of halogens is 6. The van der Waals surface area contributed by atoms with E-state index in [0.29, 0.717) is 15.9 Å². The van der Waals surface area contributed by atoms with E-state index < -0.39 is 29.6 Å². The number of amides is 1. The molecule has 3 aromatic heterocycles. The lowest BCUT2D eigenvalue weighted by molar-refractivity contribution is -0.143. The maximum Gasteiger partial charge on any atom is 0.435 e. The predicted molar refractivity (Wildman–Crippen MR) is 106 cm³/mol. The van der Waals surface area contributed by atoms with Crippen LogP contribution in [0, 0.1) is 0 Å². The summed E-state index contributed by atoms with van der Waals surface area (Å²) in [7, 11) is 0. The maximum atomic E-state index is 13.5. The van der Waals surface area contributed by atoms with Crippen LogP contribution in [0.3, 0.4) is 0 Å². The Kier molecular flexibility index (Phi) is 5.32. The van der Waals surface area contributed by atoms with Crippen LogP contribution in [0.1, 0.15) is 77.2 Å². The third-order valence-corrected chi connectivity index (χ3v) is 5.90. The molecule has 7 nitrogen and oxygen atoms in total. The highest BCUT2D eigenvalue weighted by molar-refractivity contribution is 5.93. The number of rotatable bonds is 7. The molecule has 0 aliphatic heterocycles. The highest BCUT2D eigenvalue weighted by atomic mass is 19.4. The monoisotopic (exact) mass is 486 g/mol. The molecule has 3 aromatic rings. The Morgan fingerprint density at radius 1 is 0.971 bits per heavy atom. The Balaban J connectivity index is 1.26. The molecule has 2 saturated carbocycles. The molecule has 0 atom stereocenters. The van der Waals surface area contributed by atoms with Gasteiger partial charge in [0.15, 0.2) is 17.0 Å². The summed E-state index contributed by atoms with van der Waals surface area (Å²) >= 11 is 0. The van der Waals surface area contributed by atoms with E-state index in [1.54, 1.807) is 0 Å². The SMILES string of the molecule is O=C(NCCCn1nc(C(F)(F)F)cc1C1CC1)c1cc2nc(C3CC3)cc(C(F)(F)F)n2n1. The molecule has 1 amide bonds. The summed E-state index contributed by atoms with van der Waals surface area (Å²) < 4.78 is 81.4. The standard InChI is InChI=1S/C21H20F6N6O/c22-20(23,24)16-10-15(12-4-5-12)32(31-16)7-1-6-28-19(34)14-9-18-29-13(11-2-3-11)8-17(21(25,26)27)33(18)30-14/h8-12H,1-7H2,(H,28,34). The van der Waals surface area contributed by atoms with E-state index in [9.17, 15) is 31.1 Å². The lowest BCUT2D eigenvalue weighted by Crippen LogP contribution is -2.26. The van der Waals surface area contributed by atoms with Crippen LogP contribution in [0.2, 0.25) is 0 Å². The Morgan fingerprint density at radius 3 is 2.29 bits per heavy atom. The van der Waals surface area contributed by atoms with Crippen molar-refractivity contribution >= 4 is 11.6 Å². The van der Waals surface area contributed by atoms with Gasteiger partial charge in [0.2, 0.25) is 0 Å². The second-order valence-electron chi connectivity index (χ2n) is 8.70. The summed E-state index contributed by atoms with van der Waals surface area (Å²) in [4.78, 5) is 16.7. The van der Waals surface area contributed by atoms with Crippen molar-refractivity contribution in [1.29, 1.82) is 0 Å². The largest absolute Gasteiger partial charge is 0.435 e. The summed E-state index contributed by atoms with van der Waals surface area (Å²) in [5, 5.41) is 10.00. The molecular weight excluding hydrogens is 466 g/mol. The summed E-state index contributed by atoms with van der Waals surface area (Å²) in [6, 6.07) is 3.23. The number of nitrogens with one attached hydrogen (secondary N) is 1. The molecular formula is C21H20F6N6O. The predicted octanol–water partition coefficient (Wildman–Crippen LogP) is 4.54. The minimum Gasteiger partial charge on any atom is -0.351 e. The molecule has 5 rings (SSSR count). The van der Waals surface area contributed by atoms with Crippen LogP contribution in [0.5, 0.6) is 0 Å². The molecule has 2 aliphatic rings. The van der Waals surface area contributed by atoms with Crippen molar-refractivity contribution < 1.29 is 31.1 Å². The Labute approximate surface area is 189 Å². The molecule has 2 fully saturated rings. The zero-order chi connectivity index (χ0) is 24.3. The molecule has 2 aliphatic carbocycles. The van der Waals surface area contributed by atoms with E-state index in [1.807, 2.05) is 0 Å². The molecule has 0 unspecified atom stereocenters. The second-order valence-corrected chi connectivity index (χ2v) is 8.70. The minimum atomic E-state index is -4.66. The van der Waals surface area contributed by atoms with E-state index in [2.05, 4.69) is 20.5 Å². The molecule has 0 radical (unpaired) electrons. The molecule has 13 heteroatoms. The number of alkyl halides is 6. The summed E-state index contributed by atoms with van der Waals surface area (Å²) in [5.41, 5.74) is -1.37. The number of aryl methyl sites for hydroxylation is 1. The van der Waals surface area contributed by atoms with Gasteiger partial charge in [-0.2, -0.15) is 36.5 Å². The van der Waals surface area contributed by atoms with E-state index in [4.69, 9.17) is 0 Å². The van der Waals surface area contributed by atoms with Crippen LogP contribution in [-0.4, -0.2) is 36.8 Å². The van der Waals surface area contributed by atoms with Crippen molar-refractivity contribution in [3.8, 4) is 0 Å². The van der Waals surface area contributed by atoms with Crippen molar-refractivity contribution in [3.05, 3.63) is 46.7 Å². The van der Waals surface area contributed by atoms with Gasteiger partial charge in [-0.1, -0.05) is 0 Å². The summed E-state index contributed by atoms with van der Waals surface area (Å²) in [6.07, 6.45) is -5.75. The number of carbonyl (C=O) groups is 1. The molecule has 0 saturated heterocycles. The van der Waals surface area contributed by atoms with Gasteiger partial charge in [0.05, 0.1) is 0 Å². The second kappa shape index (κ2) is 7.98. The molecule has 0 spiro atoms. The summed E-state index contributed by atoms with van der Waals surface area (Å²) in [6.45, 7) is 0.253. The first-order valence-electron chi connectivity index (χ1n) is 10.9. The lowest BCUT2D eigenvalue weighted by atomic mass is 10.2. The van der Waals surface area contributed by atoms with Crippen molar-refractivity contribution in [2.45, 2.75) is 62.8 Å². The van der Waals surface area contributed by atoms with E-state index >= 15 is 0 Å². The van der Waals surface area contributed by atoms with Gasteiger partial charge in [-0.3, -0.25) is 9.48 Å². The average molecular weight is 486 g/mol. The smallest absolute Gasteiger partial charge is 0.351 e. The first-order valence-corrected chi connectivity index (χ1v) is 10.9. The third kappa shape index (κ3) is 4.60. The van der Waals surface area contributed by atoms with Gasteiger partial charge < -0.3 is 5.32 Å². The fourth-order valence-electron chi connectivity index (χ4n) is 3.87. The van der Waals surface area contributed by atoms with E-state index in [0.717, 1.165) is 37.8 Å². The lowest BCUT2D eigenvalue weighted by Gasteiger charge is -2.10. The average Bonchev–Trinajstić information content (AvgIpc) is 3.68. The van der Waals surface area contributed by atoms with Crippen LogP contribution in [0.4, 0.5) is 26.3 Å².